The van der Waals surface area contributed by atoms with Gasteiger partial charge in [-0.25, -0.2) is 18.6 Å². The molecule has 4 aromatic rings. The molecule has 52 heavy (non-hydrogen) atoms. The number of aliphatic hydroxyl groups excluding tert-OH is 1. The minimum atomic E-state index is -1.38. The van der Waals surface area contributed by atoms with Crippen LogP contribution in [0.5, 0.6) is 11.8 Å². The second kappa shape index (κ2) is 16.6. The number of benzene rings is 2. The maximum absolute atomic E-state index is 15.2. The van der Waals surface area contributed by atoms with Crippen molar-refractivity contribution in [2.75, 3.05) is 39.4 Å². The number of nitrogens with one attached hydrogen (secondary N) is 2. The fourth-order valence-corrected chi connectivity index (χ4v) is 7.02. The fourth-order valence-electron chi connectivity index (χ4n) is 7.02. The first kappa shape index (κ1) is 36.8. The van der Waals surface area contributed by atoms with E-state index in [9.17, 15) is 29.3 Å². The zero-order valence-electron chi connectivity index (χ0n) is 28.8. The molecule has 15 heteroatoms. The normalized spacial score (nSPS) is 18.9. The van der Waals surface area contributed by atoms with E-state index in [4.69, 9.17) is 14.5 Å². The van der Waals surface area contributed by atoms with E-state index in [1.807, 2.05) is 34.9 Å². The number of aromatic nitrogens is 3. The number of amides is 2. The van der Waals surface area contributed by atoms with Crippen molar-refractivity contribution >= 4 is 12.0 Å². The van der Waals surface area contributed by atoms with E-state index in [1.165, 1.54) is 23.6 Å². The summed E-state index contributed by atoms with van der Waals surface area (Å²) in [4.78, 5) is 33.5. The fraction of sp³-hybridized carbons (Fsp3) is 0.432. The van der Waals surface area contributed by atoms with Gasteiger partial charge in [0.05, 0.1) is 11.7 Å². The van der Waals surface area contributed by atoms with Gasteiger partial charge in [0.15, 0.2) is 11.8 Å². The number of halogens is 2. The Labute approximate surface area is 299 Å². The summed E-state index contributed by atoms with van der Waals surface area (Å²) in [5.74, 6) is -2.21. The van der Waals surface area contributed by atoms with E-state index < -0.39 is 41.9 Å². The number of rotatable bonds is 13. The van der Waals surface area contributed by atoms with Gasteiger partial charge in [-0.3, -0.25) is 9.36 Å². The molecule has 0 saturated carbocycles. The van der Waals surface area contributed by atoms with E-state index >= 15 is 4.39 Å². The molecule has 2 aliphatic heterocycles. The van der Waals surface area contributed by atoms with Crippen LogP contribution in [-0.2, 0) is 27.4 Å². The lowest BCUT2D eigenvalue weighted by atomic mass is 9.88. The summed E-state index contributed by atoms with van der Waals surface area (Å²) in [6, 6.07) is 14.7. The number of imidazole rings is 1. The van der Waals surface area contributed by atoms with E-state index in [1.54, 1.807) is 11.1 Å². The highest BCUT2D eigenvalue weighted by molar-refractivity contribution is 5.80. The third-order valence-electron chi connectivity index (χ3n) is 9.67. The molecule has 2 aliphatic rings. The average molecular weight is 723 g/mol. The number of carbonyl (C=O) groups excluding carboxylic acids is 2. The lowest BCUT2D eigenvalue weighted by molar-refractivity contribution is -0.145. The monoisotopic (exact) mass is 722 g/mol. The number of alkyl carbamates (subject to hydrolysis) is 1. The first-order valence-corrected chi connectivity index (χ1v) is 17.4. The summed E-state index contributed by atoms with van der Waals surface area (Å²) in [5.41, 5.74) is 1.11. The Morgan fingerprint density at radius 3 is 2.52 bits per heavy atom. The number of ether oxygens (including phenoxy) is 2. The van der Waals surface area contributed by atoms with Crippen LogP contribution in [0.2, 0.25) is 0 Å². The molecule has 0 spiro atoms. The maximum Gasteiger partial charge on any atom is 0.407 e. The minimum absolute atomic E-state index is 0.0196. The second-order valence-electron chi connectivity index (χ2n) is 13.3. The van der Waals surface area contributed by atoms with Gasteiger partial charge in [0.1, 0.15) is 29.7 Å². The first-order valence-electron chi connectivity index (χ1n) is 17.4. The molecular formula is C37H44F2N6O7. The van der Waals surface area contributed by atoms with Crippen molar-refractivity contribution in [3.05, 3.63) is 89.9 Å². The van der Waals surface area contributed by atoms with E-state index in [0.717, 1.165) is 23.8 Å². The molecule has 0 radical (unpaired) electrons. The van der Waals surface area contributed by atoms with Gasteiger partial charge in [0.2, 0.25) is 0 Å². The highest BCUT2D eigenvalue weighted by Crippen LogP contribution is 2.38. The lowest BCUT2D eigenvalue weighted by Gasteiger charge is -2.40. The van der Waals surface area contributed by atoms with E-state index in [-0.39, 0.29) is 54.5 Å². The molecule has 2 fully saturated rings. The van der Waals surface area contributed by atoms with Crippen molar-refractivity contribution in [2.45, 2.75) is 51.1 Å². The second-order valence-corrected chi connectivity index (χ2v) is 13.3. The van der Waals surface area contributed by atoms with Crippen molar-refractivity contribution in [2.24, 2.45) is 11.8 Å². The molecule has 13 nitrogen and oxygen atoms in total. The summed E-state index contributed by atoms with van der Waals surface area (Å²) < 4.78 is 44.2. The largest absolute Gasteiger partial charge is 0.494 e. The smallest absolute Gasteiger partial charge is 0.407 e. The zero-order chi connectivity index (χ0) is 36.8. The van der Waals surface area contributed by atoms with Crippen LogP contribution in [0.15, 0.2) is 66.9 Å². The molecule has 4 heterocycles. The average Bonchev–Trinajstić information content (AvgIpc) is 3.84. The Morgan fingerprint density at radius 1 is 1.08 bits per heavy atom. The zero-order valence-corrected chi connectivity index (χ0v) is 28.8. The van der Waals surface area contributed by atoms with Crippen LogP contribution in [0.25, 0.3) is 11.3 Å². The van der Waals surface area contributed by atoms with Gasteiger partial charge >= 0.3 is 6.09 Å². The number of nitrogens with zero attached hydrogens (tertiary/aromatic N) is 4. The van der Waals surface area contributed by atoms with E-state index in [2.05, 4.69) is 10.6 Å². The molecule has 5 N–H and O–H groups in total. The molecule has 4 unspecified atom stereocenters. The Bertz CT molecular complexity index is 1810. The number of carbonyl (C=O) groups is 2. The van der Waals surface area contributed by atoms with Crippen LogP contribution in [0, 0.1) is 23.5 Å². The third kappa shape index (κ3) is 8.54. The number of hydrogen-bond acceptors (Lipinski definition) is 9. The highest BCUT2D eigenvalue weighted by Gasteiger charge is 2.41. The van der Waals surface area contributed by atoms with Crippen LogP contribution in [0.4, 0.5) is 13.6 Å². The predicted octanol–water partition coefficient (Wildman–Crippen LogP) is 3.78. The molecule has 2 amide bonds. The highest BCUT2D eigenvalue weighted by atomic mass is 19.1. The van der Waals surface area contributed by atoms with Crippen LogP contribution >= 0.6 is 0 Å². The van der Waals surface area contributed by atoms with Gasteiger partial charge in [-0.15, -0.1) is 0 Å². The van der Waals surface area contributed by atoms with E-state index in [0.29, 0.717) is 51.5 Å². The molecular weight excluding hydrogens is 678 g/mol. The summed E-state index contributed by atoms with van der Waals surface area (Å²) in [5, 5.41) is 36.4. The molecule has 0 aliphatic carbocycles. The lowest BCUT2D eigenvalue weighted by Crippen LogP contribution is -2.49. The number of aliphatic hydroxyl groups is 1. The number of aromatic hydroxyl groups is 2. The van der Waals surface area contributed by atoms with Crippen molar-refractivity contribution < 1.29 is 43.2 Å². The third-order valence-corrected chi connectivity index (χ3v) is 9.67. The Kier molecular flexibility index (Phi) is 11.7. The van der Waals surface area contributed by atoms with Crippen molar-refractivity contribution in [3.8, 4) is 23.0 Å². The topological polar surface area (TPSA) is 163 Å². The number of hydrogen-bond donors (Lipinski definition) is 5. The van der Waals surface area contributed by atoms with Gasteiger partial charge in [-0.1, -0.05) is 30.3 Å². The Balaban J connectivity index is 1.32. The Hall–Kier alpha value is -4.99. The minimum Gasteiger partial charge on any atom is -0.494 e. The van der Waals surface area contributed by atoms with Gasteiger partial charge < -0.3 is 44.9 Å². The van der Waals surface area contributed by atoms with Crippen molar-refractivity contribution in [3.63, 3.8) is 0 Å². The van der Waals surface area contributed by atoms with Gasteiger partial charge in [0, 0.05) is 82.3 Å². The summed E-state index contributed by atoms with van der Waals surface area (Å²) >= 11 is 0. The molecule has 2 saturated heterocycles. The molecule has 2 aromatic heterocycles. The Morgan fingerprint density at radius 2 is 1.81 bits per heavy atom. The summed E-state index contributed by atoms with van der Waals surface area (Å²) in [7, 11) is 0. The first-order chi connectivity index (χ1) is 25.1. The predicted molar refractivity (Wildman–Crippen MR) is 185 cm³/mol. The molecule has 0 bridgehead atoms. The standard InChI is InChI=1S/C37H44F2N6O7/c1-23(46)36(49)45(21-26-18-40-19-31(26)52-37(50)41-13-14-44-32(47)9-10-33(44)48)34(25-11-15-51-16-12-25)35-42-30(28-17-27(38)7-8-29(28)39)22-43(35)20-24-5-3-2-4-6-24/h2-10,17,22-23,25-26,31,34,40,46-48H,11-16,18-21H2,1H3,(H,41,50). The van der Waals surface area contributed by atoms with Crippen molar-refractivity contribution in [1.82, 2.24) is 29.7 Å². The molecule has 278 valence electrons. The van der Waals surface area contributed by atoms with Crippen LogP contribution in [0.3, 0.4) is 0 Å². The van der Waals surface area contributed by atoms with Crippen LogP contribution < -0.4 is 10.6 Å². The van der Waals surface area contributed by atoms with Crippen LogP contribution in [-0.4, -0.2) is 97.9 Å². The molecule has 2 aromatic carbocycles. The SMILES string of the molecule is CC(O)C(=O)N(CC1CNCC1OC(=O)NCCn1c(O)ccc1O)C(c1nc(-c2cc(F)ccc2F)cn1Cc1ccccc1)C1CCOCC1. The molecule has 6 rings (SSSR count). The summed E-state index contributed by atoms with van der Waals surface area (Å²) in [6.45, 7) is 3.59. The quantitative estimate of drug-likeness (QED) is 0.138. The van der Waals surface area contributed by atoms with Gasteiger partial charge in [0.25, 0.3) is 5.91 Å². The van der Waals surface area contributed by atoms with Crippen LogP contribution in [0.1, 0.15) is 37.2 Å². The van der Waals surface area contributed by atoms with Gasteiger partial charge in [-0.2, -0.15) is 0 Å². The summed E-state index contributed by atoms with van der Waals surface area (Å²) in [6.07, 6.45) is 0.0897. The van der Waals surface area contributed by atoms with Crippen molar-refractivity contribution in [1.29, 1.82) is 0 Å². The van der Waals surface area contributed by atoms with Gasteiger partial charge in [-0.05, 0) is 49.4 Å². The maximum atomic E-state index is 15.2. The molecule has 4 atom stereocenters.